The second kappa shape index (κ2) is 5.55. The molecule has 3 rings (SSSR count). The first-order valence-corrected chi connectivity index (χ1v) is 7.89. The number of rotatable bonds is 3. The molecular weight excluding hydrogens is 260 g/mol. The predicted molar refractivity (Wildman–Crippen MR) is 76.1 cm³/mol. The minimum atomic E-state index is 0.0519. The van der Waals surface area contributed by atoms with Crippen molar-refractivity contribution in [3.05, 3.63) is 29.8 Å². The first-order valence-electron chi connectivity index (χ1n) is 6.73. The number of carbonyl (C=O) groups is 1. The monoisotopic (exact) mass is 278 g/mol. The summed E-state index contributed by atoms with van der Waals surface area (Å²) in [5.74, 6) is 3.14. The quantitative estimate of drug-likeness (QED) is 0.796. The maximum absolute atomic E-state index is 10.6. The van der Waals surface area contributed by atoms with Crippen molar-refractivity contribution >= 4 is 18.0 Å². The number of benzene rings is 1. The summed E-state index contributed by atoms with van der Waals surface area (Å²) in [4.78, 5) is 10.6. The summed E-state index contributed by atoms with van der Waals surface area (Å²) in [6.45, 7) is 0.789. The number of hydrogen-bond donors (Lipinski definition) is 0. The molecule has 2 heterocycles. The molecule has 4 heteroatoms. The highest BCUT2D eigenvalue weighted by atomic mass is 32.2. The second-order valence-corrected chi connectivity index (χ2v) is 6.36. The van der Waals surface area contributed by atoms with Gasteiger partial charge in [0.15, 0.2) is 0 Å². The third-order valence-corrected chi connectivity index (χ3v) is 5.06. The van der Waals surface area contributed by atoms with Gasteiger partial charge in [0.2, 0.25) is 0 Å². The molecule has 102 valence electrons. The smallest absolute Gasteiger partial charge is 0.150 e. The summed E-state index contributed by atoms with van der Waals surface area (Å²) >= 11 is 1.97. The molecule has 1 spiro atoms. The molecule has 2 fully saturated rings. The Balaban J connectivity index is 1.63. The van der Waals surface area contributed by atoms with E-state index in [1.165, 1.54) is 5.75 Å². The Morgan fingerprint density at radius 1 is 1.37 bits per heavy atom. The molecule has 0 aromatic heterocycles. The van der Waals surface area contributed by atoms with Crippen molar-refractivity contribution in [1.29, 1.82) is 0 Å². The zero-order valence-electron chi connectivity index (χ0n) is 10.8. The highest BCUT2D eigenvalue weighted by molar-refractivity contribution is 7.99. The second-order valence-electron chi connectivity index (χ2n) is 5.25. The SMILES string of the molecule is O=Cc1ccc(OC2CCOC3(CCSC3)C2)cc1. The van der Waals surface area contributed by atoms with Crippen LogP contribution in [0.25, 0.3) is 0 Å². The number of ether oxygens (including phenoxy) is 2. The van der Waals surface area contributed by atoms with Crippen molar-refractivity contribution in [3.63, 3.8) is 0 Å². The van der Waals surface area contributed by atoms with Gasteiger partial charge in [-0.1, -0.05) is 0 Å². The van der Waals surface area contributed by atoms with E-state index in [4.69, 9.17) is 9.47 Å². The van der Waals surface area contributed by atoms with Gasteiger partial charge in [-0.3, -0.25) is 4.79 Å². The number of hydrogen-bond acceptors (Lipinski definition) is 4. The van der Waals surface area contributed by atoms with Gasteiger partial charge in [0.25, 0.3) is 0 Å². The molecule has 0 bridgehead atoms. The van der Waals surface area contributed by atoms with Crippen molar-refractivity contribution in [3.8, 4) is 5.75 Å². The number of carbonyl (C=O) groups excluding carboxylic acids is 1. The Hall–Kier alpha value is -1.00. The van der Waals surface area contributed by atoms with Crippen LogP contribution in [0.2, 0.25) is 0 Å². The fraction of sp³-hybridized carbons (Fsp3) is 0.533. The molecule has 2 unspecified atom stereocenters. The molecule has 2 aliphatic heterocycles. The fourth-order valence-electron chi connectivity index (χ4n) is 2.76. The van der Waals surface area contributed by atoms with E-state index in [0.717, 1.165) is 43.7 Å². The highest BCUT2D eigenvalue weighted by Gasteiger charge is 2.41. The maximum atomic E-state index is 10.6. The fourth-order valence-corrected chi connectivity index (χ4v) is 4.14. The van der Waals surface area contributed by atoms with Crippen LogP contribution in [0.1, 0.15) is 29.6 Å². The van der Waals surface area contributed by atoms with Crippen LogP contribution in [-0.2, 0) is 4.74 Å². The summed E-state index contributed by atoms with van der Waals surface area (Å²) < 4.78 is 12.0. The summed E-state index contributed by atoms with van der Waals surface area (Å²) in [6.07, 6.45) is 4.15. The Bertz CT molecular complexity index is 437. The normalized spacial score (nSPS) is 30.4. The zero-order valence-corrected chi connectivity index (χ0v) is 11.7. The van der Waals surface area contributed by atoms with Crippen LogP contribution < -0.4 is 4.74 Å². The molecule has 0 amide bonds. The molecule has 0 saturated carbocycles. The van der Waals surface area contributed by atoms with Gasteiger partial charge in [-0.2, -0.15) is 11.8 Å². The van der Waals surface area contributed by atoms with Crippen LogP contribution in [0.5, 0.6) is 5.75 Å². The van der Waals surface area contributed by atoms with E-state index in [0.29, 0.717) is 5.56 Å². The van der Waals surface area contributed by atoms with Crippen LogP contribution >= 0.6 is 11.8 Å². The van der Waals surface area contributed by atoms with Gasteiger partial charge < -0.3 is 9.47 Å². The molecule has 3 nitrogen and oxygen atoms in total. The van der Waals surface area contributed by atoms with Crippen LogP contribution in [0, 0.1) is 0 Å². The predicted octanol–water partition coefficient (Wildman–Crippen LogP) is 2.93. The van der Waals surface area contributed by atoms with Gasteiger partial charge in [0.1, 0.15) is 18.1 Å². The van der Waals surface area contributed by atoms with E-state index >= 15 is 0 Å². The van der Waals surface area contributed by atoms with E-state index in [9.17, 15) is 4.79 Å². The van der Waals surface area contributed by atoms with Gasteiger partial charge in [-0.25, -0.2) is 0 Å². The van der Waals surface area contributed by atoms with Crippen LogP contribution in [0.3, 0.4) is 0 Å². The third-order valence-electron chi connectivity index (χ3n) is 3.83. The van der Waals surface area contributed by atoms with E-state index < -0.39 is 0 Å². The maximum Gasteiger partial charge on any atom is 0.150 e. The molecule has 0 aliphatic carbocycles. The lowest BCUT2D eigenvalue weighted by molar-refractivity contribution is -0.0958. The van der Waals surface area contributed by atoms with Crippen LogP contribution in [0.4, 0.5) is 0 Å². The van der Waals surface area contributed by atoms with E-state index in [-0.39, 0.29) is 11.7 Å². The zero-order chi connectivity index (χ0) is 13.1. The van der Waals surface area contributed by atoms with Crippen molar-refractivity contribution < 1.29 is 14.3 Å². The van der Waals surface area contributed by atoms with E-state index in [1.54, 1.807) is 12.1 Å². The largest absolute Gasteiger partial charge is 0.490 e. The van der Waals surface area contributed by atoms with E-state index in [1.807, 2.05) is 23.9 Å². The summed E-state index contributed by atoms with van der Waals surface area (Å²) in [7, 11) is 0. The van der Waals surface area contributed by atoms with Crippen molar-refractivity contribution in [2.45, 2.75) is 31.0 Å². The Kier molecular flexibility index (Phi) is 3.80. The first kappa shape index (κ1) is 13.0. The molecule has 19 heavy (non-hydrogen) atoms. The van der Waals surface area contributed by atoms with Crippen molar-refractivity contribution in [2.75, 3.05) is 18.1 Å². The molecule has 1 aromatic carbocycles. The lowest BCUT2D eigenvalue weighted by atomic mass is 9.91. The Morgan fingerprint density at radius 2 is 2.21 bits per heavy atom. The Morgan fingerprint density at radius 3 is 2.89 bits per heavy atom. The van der Waals surface area contributed by atoms with Crippen molar-refractivity contribution in [2.24, 2.45) is 0 Å². The van der Waals surface area contributed by atoms with Crippen LogP contribution in [-0.4, -0.2) is 36.1 Å². The molecule has 2 saturated heterocycles. The lowest BCUT2D eigenvalue weighted by Crippen LogP contribution is -2.43. The molecule has 0 radical (unpaired) electrons. The van der Waals surface area contributed by atoms with Gasteiger partial charge in [-0.15, -0.1) is 0 Å². The number of aldehydes is 1. The molecule has 2 aliphatic rings. The molecule has 2 atom stereocenters. The summed E-state index contributed by atoms with van der Waals surface area (Å²) in [6, 6.07) is 7.33. The van der Waals surface area contributed by atoms with Crippen molar-refractivity contribution in [1.82, 2.24) is 0 Å². The summed E-state index contributed by atoms with van der Waals surface area (Å²) in [5.41, 5.74) is 0.735. The van der Waals surface area contributed by atoms with Gasteiger partial charge in [0.05, 0.1) is 12.2 Å². The minimum Gasteiger partial charge on any atom is -0.490 e. The number of thioether (sulfide) groups is 1. The molecular formula is C15H18O3S. The minimum absolute atomic E-state index is 0.0519. The standard InChI is InChI=1S/C15H18O3S/c16-10-12-1-3-13(4-2-12)18-14-5-7-17-15(9-14)6-8-19-11-15/h1-4,10,14H,5-9,11H2. The lowest BCUT2D eigenvalue weighted by Gasteiger charge is -2.37. The molecule has 0 N–H and O–H groups in total. The summed E-state index contributed by atoms with van der Waals surface area (Å²) in [5, 5.41) is 0. The Labute approximate surface area is 117 Å². The van der Waals surface area contributed by atoms with Gasteiger partial charge in [-0.05, 0) is 36.4 Å². The van der Waals surface area contributed by atoms with E-state index in [2.05, 4.69) is 0 Å². The third kappa shape index (κ3) is 2.95. The van der Waals surface area contributed by atoms with Gasteiger partial charge in [0, 0.05) is 24.2 Å². The van der Waals surface area contributed by atoms with Crippen LogP contribution in [0.15, 0.2) is 24.3 Å². The first-order chi connectivity index (χ1) is 9.30. The molecule has 1 aromatic rings. The van der Waals surface area contributed by atoms with Gasteiger partial charge >= 0.3 is 0 Å². The average Bonchev–Trinajstić information content (AvgIpc) is 2.88. The average molecular weight is 278 g/mol. The topological polar surface area (TPSA) is 35.5 Å². The highest BCUT2D eigenvalue weighted by Crippen LogP contribution is 2.39.